The Kier molecular flexibility index (Phi) is 5.04. The Hall–Kier alpha value is -1.78. The van der Waals surface area contributed by atoms with Gasteiger partial charge in [-0.15, -0.1) is 0 Å². The zero-order valence-corrected chi connectivity index (χ0v) is 12.1. The van der Waals surface area contributed by atoms with Crippen LogP contribution in [0.25, 0.3) is 0 Å². The number of aliphatic hydroxyl groups excluding tert-OH is 1. The van der Waals surface area contributed by atoms with E-state index in [1.807, 2.05) is 38.1 Å². The molecule has 2 N–H and O–H groups in total. The molecule has 0 amide bonds. The molecule has 2 aromatic carbocycles. The summed E-state index contributed by atoms with van der Waals surface area (Å²) in [5, 5.41) is 13.1. The first-order valence-corrected chi connectivity index (χ1v) is 6.91. The SMILES string of the molecule is Cc1ccc(C(C)NCC(O)c2c(F)cccc2F)cc1. The van der Waals surface area contributed by atoms with Crippen molar-refractivity contribution in [1.29, 1.82) is 0 Å². The fourth-order valence-corrected chi connectivity index (χ4v) is 2.19. The molecule has 2 aromatic rings. The summed E-state index contributed by atoms with van der Waals surface area (Å²) < 4.78 is 27.1. The first-order chi connectivity index (χ1) is 9.99. The zero-order chi connectivity index (χ0) is 15.4. The Morgan fingerprint density at radius 1 is 1.05 bits per heavy atom. The highest BCUT2D eigenvalue weighted by Gasteiger charge is 2.18. The monoisotopic (exact) mass is 291 g/mol. The van der Waals surface area contributed by atoms with Gasteiger partial charge in [0.15, 0.2) is 0 Å². The summed E-state index contributed by atoms with van der Waals surface area (Å²) in [6, 6.07) is 11.5. The molecule has 0 aliphatic rings. The van der Waals surface area contributed by atoms with Crippen LogP contribution in [0.2, 0.25) is 0 Å². The molecular formula is C17H19F2NO. The quantitative estimate of drug-likeness (QED) is 0.881. The third-order valence-corrected chi connectivity index (χ3v) is 3.53. The van der Waals surface area contributed by atoms with Crippen molar-refractivity contribution in [2.24, 2.45) is 0 Å². The first kappa shape index (κ1) is 15.6. The Morgan fingerprint density at radius 3 is 2.19 bits per heavy atom. The van der Waals surface area contributed by atoms with Gasteiger partial charge in [0.05, 0.1) is 11.7 Å². The van der Waals surface area contributed by atoms with Crippen LogP contribution in [0, 0.1) is 18.6 Å². The topological polar surface area (TPSA) is 32.3 Å². The summed E-state index contributed by atoms with van der Waals surface area (Å²) in [7, 11) is 0. The summed E-state index contributed by atoms with van der Waals surface area (Å²) >= 11 is 0. The summed E-state index contributed by atoms with van der Waals surface area (Å²) in [4.78, 5) is 0. The van der Waals surface area contributed by atoms with Gasteiger partial charge in [-0.05, 0) is 31.5 Å². The zero-order valence-electron chi connectivity index (χ0n) is 12.1. The first-order valence-electron chi connectivity index (χ1n) is 6.91. The number of hydrogen-bond donors (Lipinski definition) is 2. The molecule has 2 atom stereocenters. The van der Waals surface area contributed by atoms with Crippen LogP contribution in [0.15, 0.2) is 42.5 Å². The second-order valence-corrected chi connectivity index (χ2v) is 5.19. The van der Waals surface area contributed by atoms with Crippen LogP contribution in [-0.2, 0) is 0 Å². The van der Waals surface area contributed by atoms with Gasteiger partial charge in [-0.1, -0.05) is 35.9 Å². The van der Waals surface area contributed by atoms with Crippen LogP contribution in [0.1, 0.15) is 35.8 Å². The number of halogens is 2. The largest absolute Gasteiger partial charge is 0.387 e. The minimum absolute atomic E-state index is 0.0184. The maximum absolute atomic E-state index is 13.6. The number of nitrogens with one attached hydrogen (secondary N) is 1. The smallest absolute Gasteiger partial charge is 0.131 e. The van der Waals surface area contributed by atoms with E-state index in [2.05, 4.69) is 5.32 Å². The van der Waals surface area contributed by atoms with Gasteiger partial charge in [-0.25, -0.2) is 8.78 Å². The Morgan fingerprint density at radius 2 is 1.62 bits per heavy atom. The van der Waals surface area contributed by atoms with E-state index >= 15 is 0 Å². The lowest BCUT2D eigenvalue weighted by molar-refractivity contribution is 0.161. The highest BCUT2D eigenvalue weighted by atomic mass is 19.1. The summed E-state index contributed by atoms with van der Waals surface area (Å²) in [6.07, 6.45) is -1.22. The Bertz CT molecular complexity index is 578. The average molecular weight is 291 g/mol. The van der Waals surface area contributed by atoms with E-state index in [-0.39, 0.29) is 18.2 Å². The Balaban J connectivity index is 2.00. The van der Waals surface area contributed by atoms with Crippen molar-refractivity contribution >= 4 is 0 Å². The molecule has 4 heteroatoms. The Labute approximate surface area is 123 Å². The fraction of sp³-hybridized carbons (Fsp3) is 0.294. The van der Waals surface area contributed by atoms with E-state index < -0.39 is 17.7 Å². The van der Waals surface area contributed by atoms with Gasteiger partial charge < -0.3 is 10.4 Å². The number of aliphatic hydroxyl groups is 1. The minimum atomic E-state index is -1.22. The normalized spacial score (nSPS) is 14.0. The molecule has 2 rings (SSSR count). The average Bonchev–Trinajstić information content (AvgIpc) is 2.45. The van der Waals surface area contributed by atoms with Crippen LogP contribution in [0.4, 0.5) is 8.78 Å². The van der Waals surface area contributed by atoms with Gasteiger partial charge in [0.1, 0.15) is 11.6 Å². The number of aryl methyl sites for hydroxylation is 1. The van der Waals surface area contributed by atoms with Gasteiger partial charge in [0.2, 0.25) is 0 Å². The van der Waals surface area contributed by atoms with Gasteiger partial charge in [0, 0.05) is 12.6 Å². The van der Waals surface area contributed by atoms with E-state index in [9.17, 15) is 13.9 Å². The van der Waals surface area contributed by atoms with Gasteiger partial charge in [-0.2, -0.15) is 0 Å². The predicted octanol–water partition coefficient (Wildman–Crippen LogP) is 3.66. The van der Waals surface area contributed by atoms with Gasteiger partial charge in [-0.3, -0.25) is 0 Å². The van der Waals surface area contributed by atoms with E-state index in [0.29, 0.717) is 0 Å². The molecule has 0 fully saturated rings. The van der Waals surface area contributed by atoms with Crippen molar-refractivity contribution in [1.82, 2.24) is 5.32 Å². The highest BCUT2D eigenvalue weighted by molar-refractivity contribution is 5.24. The third-order valence-electron chi connectivity index (χ3n) is 3.53. The molecule has 0 saturated carbocycles. The molecule has 0 aromatic heterocycles. The molecule has 112 valence electrons. The van der Waals surface area contributed by atoms with E-state index in [1.165, 1.54) is 11.6 Å². The second kappa shape index (κ2) is 6.78. The molecule has 0 aliphatic carbocycles. The molecule has 0 spiro atoms. The van der Waals surface area contributed by atoms with Crippen molar-refractivity contribution < 1.29 is 13.9 Å². The van der Waals surface area contributed by atoms with Crippen molar-refractivity contribution in [3.05, 3.63) is 70.8 Å². The van der Waals surface area contributed by atoms with Crippen LogP contribution in [0.3, 0.4) is 0 Å². The summed E-state index contributed by atoms with van der Waals surface area (Å²) in [6.45, 7) is 4.02. The number of hydrogen-bond acceptors (Lipinski definition) is 2. The van der Waals surface area contributed by atoms with Gasteiger partial charge >= 0.3 is 0 Å². The molecule has 2 unspecified atom stereocenters. The minimum Gasteiger partial charge on any atom is -0.387 e. The van der Waals surface area contributed by atoms with Crippen LogP contribution in [0.5, 0.6) is 0 Å². The van der Waals surface area contributed by atoms with E-state index in [0.717, 1.165) is 17.7 Å². The second-order valence-electron chi connectivity index (χ2n) is 5.19. The lowest BCUT2D eigenvalue weighted by Gasteiger charge is -2.18. The van der Waals surface area contributed by atoms with Gasteiger partial charge in [0.25, 0.3) is 0 Å². The molecule has 0 aliphatic heterocycles. The van der Waals surface area contributed by atoms with Crippen molar-refractivity contribution in [3.8, 4) is 0 Å². The predicted molar refractivity (Wildman–Crippen MR) is 78.9 cm³/mol. The maximum Gasteiger partial charge on any atom is 0.131 e. The van der Waals surface area contributed by atoms with Crippen molar-refractivity contribution in [3.63, 3.8) is 0 Å². The van der Waals surface area contributed by atoms with Crippen LogP contribution < -0.4 is 5.32 Å². The van der Waals surface area contributed by atoms with Crippen molar-refractivity contribution in [2.45, 2.75) is 26.0 Å². The molecule has 0 radical (unpaired) electrons. The molecular weight excluding hydrogens is 272 g/mol. The highest BCUT2D eigenvalue weighted by Crippen LogP contribution is 2.21. The lowest BCUT2D eigenvalue weighted by Crippen LogP contribution is -2.25. The lowest BCUT2D eigenvalue weighted by atomic mass is 10.0. The summed E-state index contributed by atoms with van der Waals surface area (Å²) in [5.41, 5.74) is 1.93. The van der Waals surface area contributed by atoms with Crippen molar-refractivity contribution in [2.75, 3.05) is 6.54 Å². The number of benzene rings is 2. The molecule has 0 heterocycles. The standard InChI is InChI=1S/C17H19F2NO/c1-11-6-8-13(9-7-11)12(2)20-10-16(21)17-14(18)4-3-5-15(17)19/h3-9,12,16,20-21H,10H2,1-2H3. The van der Waals surface area contributed by atoms with E-state index in [4.69, 9.17) is 0 Å². The molecule has 21 heavy (non-hydrogen) atoms. The van der Waals surface area contributed by atoms with E-state index in [1.54, 1.807) is 0 Å². The van der Waals surface area contributed by atoms with Crippen LogP contribution in [-0.4, -0.2) is 11.7 Å². The van der Waals surface area contributed by atoms with Crippen LogP contribution >= 0.6 is 0 Å². The fourth-order valence-electron chi connectivity index (χ4n) is 2.19. The number of rotatable bonds is 5. The molecule has 0 bridgehead atoms. The molecule has 2 nitrogen and oxygen atoms in total. The molecule has 0 saturated heterocycles. The summed E-state index contributed by atoms with van der Waals surface area (Å²) in [5.74, 6) is -1.46. The maximum atomic E-state index is 13.6. The third kappa shape index (κ3) is 3.86.